The van der Waals surface area contributed by atoms with E-state index in [0.717, 1.165) is 121 Å². The highest BCUT2D eigenvalue weighted by Crippen LogP contribution is 2.23. The fourth-order valence-electron chi connectivity index (χ4n) is 8.69. The molecule has 0 aliphatic rings. The molecule has 0 radical (unpaired) electrons. The van der Waals surface area contributed by atoms with Gasteiger partial charge in [-0.05, 0) is 94.6 Å². The minimum absolute atomic E-state index is 0.0227. The van der Waals surface area contributed by atoms with Crippen molar-refractivity contribution in [3.8, 4) is 0 Å². The second kappa shape index (κ2) is 52.7. The fourth-order valence-corrected chi connectivity index (χ4v) is 8.91. The number of rotatable bonds is 48. The number of thiol groups is 1. The summed E-state index contributed by atoms with van der Waals surface area (Å²) >= 11 is 4.05. The molecule has 1 N–H and O–H groups in total. The van der Waals surface area contributed by atoms with E-state index in [1.807, 2.05) is 0 Å². The van der Waals surface area contributed by atoms with Gasteiger partial charge in [0.2, 0.25) is 5.91 Å². The van der Waals surface area contributed by atoms with E-state index in [1.54, 1.807) is 0 Å². The van der Waals surface area contributed by atoms with E-state index in [0.29, 0.717) is 44.3 Å². The van der Waals surface area contributed by atoms with E-state index < -0.39 is 0 Å². The largest absolute Gasteiger partial charge is 0.465 e. The van der Waals surface area contributed by atoms with Gasteiger partial charge in [-0.1, -0.05) is 196 Å². The van der Waals surface area contributed by atoms with Gasteiger partial charge in [-0.3, -0.25) is 14.4 Å². The van der Waals surface area contributed by atoms with E-state index >= 15 is 0 Å². The maximum absolute atomic E-state index is 13.3. The lowest BCUT2D eigenvalue weighted by Crippen LogP contribution is -2.41. The maximum Gasteiger partial charge on any atom is 0.305 e. The van der Waals surface area contributed by atoms with Crippen molar-refractivity contribution in [2.45, 2.75) is 298 Å². The number of ether oxygens (including phenoxy) is 2. The summed E-state index contributed by atoms with van der Waals surface area (Å²) in [6, 6.07) is 0.267. The van der Waals surface area contributed by atoms with Crippen LogP contribution in [-0.2, 0) is 23.9 Å². The van der Waals surface area contributed by atoms with Crippen LogP contribution in [0.3, 0.4) is 0 Å². The highest BCUT2D eigenvalue weighted by Gasteiger charge is 2.22. The highest BCUT2D eigenvalue weighted by molar-refractivity contribution is 7.80. The molecule has 7 nitrogen and oxygen atoms in total. The smallest absolute Gasteiger partial charge is 0.305 e. The van der Waals surface area contributed by atoms with Crippen molar-refractivity contribution in [1.82, 2.24) is 4.90 Å². The molecule has 0 aliphatic heterocycles. The molecule has 0 fully saturated rings. The Bertz CT molecular complexity index is 921. The third-order valence-electron chi connectivity index (χ3n) is 13.0. The number of esters is 2. The first-order chi connectivity index (χ1) is 31.3. The average molecular weight is 927 g/mol. The predicted octanol–water partition coefficient (Wildman–Crippen LogP) is 16.7. The molecule has 0 aliphatic carbocycles. The van der Waals surface area contributed by atoms with Crippen LogP contribution < -0.4 is 0 Å². The minimum atomic E-state index is -0.0227. The monoisotopic (exact) mass is 926 g/mol. The number of amides is 1. The van der Waals surface area contributed by atoms with Crippen LogP contribution in [0.2, 0.25) is 0 Å². The number of nitrogens with zero attached hydrogens (tertiary/aromatic N) is 1. The molecule has 0 saturated heterocycles. The van der Waals surface area contributed by atoms with E-state index in [9.17, 15) is 19.5 Å². The second-order valence-corrected chi connectivity index (χ2v) is 19.7. The second-order valence-electron chi connectivity index (χ2n) is 19.3. The standard InChI is InChI=1S/C51H99NO6.C5H12S/c1-6-11-15-25-36-46(34-13-8-3)44-57-50(55)40-29-23-19-17-21-27-38-48(52(42-31-32-43-53)49(54)33-10-5)39-28-22-18-20-24-30-41-51(56)58-45-47(35-14-9-4)37-26-16-12-7-2;1-2-3-4-5-6/h46-48,53H,6-45H2,1-5H3;6H,2-5H2,1H3. The van der Waals surface area contributed by atoms with Crippen LogP contribution in [0, 0.1) is 11.8 Å². The van der Waals surface area contributed by atoms with Crippen LogP contribution in [-0.4, -0.2) is 66.0 Å². The summed E-state index contributed by atoms with van der Waals surface area (Å²) in [5.74, 6) is 2.31. The van der Waals surface area contributed by atoms with E-state index in [1.165, 1.54) is 122 Å². The van der Waals surface area contributed by atoms with Gasteiger partial charge in [-0.25, -0.2) is 0 Å². The van der Waals surface area contributed by atoms with Gasteiger partial charge in [0.15, 0.2) is 0 Å². The quantitative estimate of drug-likeness (QED) is 0.0359. The number of carbonyl (C=O) groups excluding carboxylic acids is 3. The molecule has 2 unspecified atom stereocenters. The van der Waals surface area contributed by atoms with Crippen LogP contribution in [0.1, 0.15) is 292 Å². The Morgan fingerprint density at radius 1 is 0.422 bits per heavy atom. The van der Waals surface area contributed by atoms with Crippen LogP contribution >= 0.6 is 12.6 Å². The number of aliphatic hydroxyl groups is 1. The third kappa shape index (κ3) is 44.6. The molecule has 382 valence electrons. The first-order valence-corrected chi connectivity index (χ1v) is 28.7. The lowest BCUT2D eigenvalue weighted by molar-refractivity contribution is -0.146. The molecular formula is C56H111NO6S. The molecule has 0 aromatic rings. The number of aliphatic hydroxyl groups excluding tert-OH is 1. The van der Waals surface area contributed by atoms with Gasteiger partial charge in [0.25, 0.3) is 0 Å². The molecule has 0 heterocycles. The highest BCUT2D eigenvalue weighted by atomic mass is 32.1. The molecule has 0 saturated carbocycles. The number of hydrogen-bond acceptors (Lipinski definition) is 7. The van der Waals surface area contributed by atoms with Gasteiger partial charge in [0, 0.05) is 38.5 Å². The van der Waals surface area contributed by atoms with E-state index in [2.05, 4.69) is 59.1 Å². The minimum Gasteiger partial charge on any atom is -0.465 e. The van der Waals surface area contributed by atoms with Crippen molar-refractivity contribution in [2.75, 3.05) is 32.1 Å². The number of carbonyl (C=O) groups is 3. The van der Waals surface area contributed by atoms with Gasteiger partial charge in [0.05, 0.1) is 13.2 Å². The van der Waals surface area contributed by atoms with Crippen molar-refractivity contribution >= 4 is 30.5 Å². The van der Waals surface area contributed by atoms with Gasteiger partial charge in [-0.2, -0.15) is 12.6 Å². The summed E-state index contributed by atoms with van der Waals surface area (Å²) < 4.78 is 11.5. The SMILES string of the molecule is CCCCCCC(CCCC)COC(=O)CCCCCCCCC(CCCCCCCCC(=O)OCC(CCCC)CCCCCC)N(CCCCO)C(=O)CCC.CCCCCS. The molecule has 0 rings (SSSR count). The molecule has 64 heavy (non-hydrogen) atoms. The Hall–Kier alpha value is -1.28. The lowest BCUT2D eigenvalue weighted by atomic mass is 9.96. The molecule has 0 bridgehead atoms. The summed E-state index contributed by atoms with van der Waals surface area (Å²) in [6.07, 6.45) is 42.9. The number of hydrogen-bond donors (Lipinski definition) is 2. The van der Waals surface area contributed by atoms with Crippen molar-refractivity contribution < 1.29 is 29.0 Å². The van der Waals surface area contributed by atoms with Gasteiger partial charge in [-0.15, -0.1) is 0 Å². The Morgan fingerprint density at radius 3 is 1.19 bits per heavy atom. The summed E-state index contributed by atoms with van der Waals surface area (Å²) in [5.41, 5.74) is 0. The molecule has 0 aromatic carbocycles. The summed E-state index contributed by atoms with van der Waals surface area (Å²) in [4.78, 5) is 40.4. The zero-order chi connectivity index (χ0) is 47.6. The van der Waals surface area contributed by atoms with E-state index in [-0.39, 0.29) is 30.5 Å². The molecule has 0 spiro atoms. The molecule has 1 amide bonds. The molecular weight excluding hydrogens is 815 g/mol. The Labute approximate surface area is 404 Å². The topological polar surface area (TPSA) is 93.1 Å². The predicted molar refractivity (Wildman–Crippen MR) is 279 cm³/mol. The Morgan fingerprint density at radius 2 is 0.797 bits per heavy atom. The molecule has 2 atom stereocenters. The summed E-state index contributed by atoms with van der Waals surface area (Å²) in [6.45, 7) is 15.4. The normalized spacial score (nSPS) is 12.6. The summed E-state index contributed by atoms with van der Waals surface area (Å²) in [7, 11) is 0. The first kappa shape index (κ1) is 64.8. The maximum atomic E-state index is 13.3. The van der Waals surface area contributed by atoms with Crippen molar-refractivity contribution in [3.63, 3.8) is 0 Å². The first-order valence-electron chi connectivity index (χ1n) is 28.1. The molecule has 8 heteroatoms. The Kier molecular flexibility index (Phi) is 53.3. The van der Waals surface area contributed by atoms with Crippen molar-refractivity contribution in [3.05, 3.63) is 0 Å². The third-order valence-corrected chi connectivity index (χ3v) is 13.3. The van der Waals surface area contributed by atoms with Crippen LogP contribution in [0.25, 0.3) is 0 Å². The zero-order valence-corrected chi connectivity index (χ0v) is 44.6. The average Bonchev–Trinajstić information content (AvgIpc) is 3.29. The Balaban J connectivity index is 0. The van der Waals surface area contributed by atoms with Crippen molar-refractivity contribution in [2.24, 2.45) is 11.8 Å². The zero-order valence-electron chi connectivity index (χ0n) is 43.7. The summed E-state index contributed by atoms with van der Waals surface area (Å²) in [5, 5.41) is 9.43. The van der Waals surface area contributed by atoms with Gasteiger partial charge >= 0.3 is 11.9 Å². The van der Waals surface area contributed by atoms with E-state index in [4.69, 9.17) is 9.47 Å². The van der Waals surface area contributed by atoms with Crippen LogP contribution in [0.5, 0.6) is 0 Å². The van der Waals surface area contributed by atoms with Crippen LogP contribution in [0.15, 0.2) is 0 Å². The number of unbranched alkanes of at least 4 members (excludes halogenated alkanes) is 21. The van der Waals surface area contributed by atoms with Crippen molar-refractivity contribution in [1.29, 1.82) is 0 Å². The van der Waals surface area contributed by atoms with Gasteiger partial charge in [0.1, 0.15) is 0 Å². The molecule has 0 aromatic heterocycles. The fraction of sp³-hybridized carbons (Fsp3) is 0.946. The van der Waals surface area contributed by atoms with Gasteiger partial charge < -0.3 is 19.5 Å². The van der Waals surface area contributed by atoms with Crippen LogP contribution in [0.4, 0.5) is 0 Å². The lowest BCUT2D eigenvalue weighted by Gasteiger charge is -2.32.